The van der Waals surface area contributed by atoms with Gasteiger partial charge >= 0.3 is 0 Å². The highest BCUT2D eigenvalue weighted by atomic mass is 16.5. The first-order valence-corrected chi connectivity index (χ1v) is 7.02. The molecular formula is C14H18N6O4. The van der Waals surface area contributed by atoms with Gasteiger partial charge in [-0.3, -0.25) is 10.2 Å². The second kappa shape index (κ2) is 7.07. The fourth-order valence-corrected chi connectivity index (χ4v) is 2.60. The number of ether oxygens (including phenoxy) is 2. The first kappa shape index (κ1) is 17.4. The number of carbonyl (C=O) groups excluding carboxylic acids is 1. The quantitative estimate of drug-likeness (QED) is 0.164. The number of aliphatic hydroxyl groups excluding tert-OH is 1. The smallest absolute Gasteiger partial charge is 0.234 e. The van der Waals surface area contributed by atoms with Crippen LogP contribution in [0.1, 0.15) is 5.56 Å². The van der Waals surface area contributed by atoms with Crippen molar-refractivity contribution in [3.05, 3.63) is 34.2 Å². The maximum Gasteiger partial charge on any atom is 0.234 e. The van der Waals surface area contributed by atoms with E-state index in [2.05, 4.69) is 10.0 Å². The fourth-order valence-electron chi connectivity index (χ4n) is 2.60. The number of aliphatic hydroxyl groups is 1. The molecule has 0 spiro atoms. The molecule has 0 radical (unpaired) electrons. The molecule has 1 aromatic carbocycles. The topological polar surface area (TPSA) is 158 Å². The summed E-state index contributed by atoms with van der Waals surface area (Å²) < 4.78 is 10.4. The van der Waals surface area contributed by atoms with E-state index in [-0.39, 0.29) is 6.54 Å². The summed E-state index contributed by atoms with van der Waals surface area (Å²) in [5, 5.41) is 20.8. The summed E-state index contributed by atoms with van der Waals surface area (Å²) in [5.74, 6) is 0.150. The van der Waals surface area contributed by atoms with Crippen LogP contribution in [-0.4, -0.2) is 54.2 Å². The maximum atomic E-state index is 12.2. The Balaban J connectivity index is 2.29. The molecule has 0 saturated carbocycles. The van der Waals surface area contributed by atoms with Crippen LogP contribution in [0.15, 0.2) is 23.3 Å². The van der Waals surface area contributed by atoms with Crippen molar-refractivity contribution >= 4 is 11.7 Å². The minimum absolute atomic E-state index is 0.110. The van der Waals surface area contributed by atoms with Crippen molar-refractivity contribution in [2.24, 2.45) is 10.8 Å². The Morgan fingerprint density at radius 1 is 1.54 bits per heavy atom. The minimum Gasteiger partial charge on any atom is -0.497 e. The number of nitrogens with two attached hydrogens (primary N) is 1. The molecule has 3 unspecified atom stereocenters. The Bertz CT molecular complexity index is 703. The average molecular weight is 334 g/mol. The molecule has 1 saturated heterocycles. The number of amidine groups is 1. The zero-order valence-electron chi connectivity index (χ0n) is 13.2. The summed E-state index contributed by atoms with van der Waals surface area (Å²) in [4.78, 5) is 16.1. The lowest BCUT2D eigenvalue weighted by Crippen LogP contribution is -2.69. The van der Waals surface area contributed by atoms with E-state index in [0.29, 0.717) is 17.1 Å². The Morgan fingerprint density at radius 3 is 2.79 bits per heavy atom. The van der Waals surface area contributed by atoms with Gasteiger partial charge < -0.3 is 25.2 Å². The molecule has 1 amide bonds. The fraction of sp³-hybridized carbons (Fsp3) is 0.429. The monoisotopic (exact) mass is 334 g/mol. The van der Waals surface area contributed by atoms with Crippen molar-refractivity contribution in [3.63, 3.8) is 0 Å². The molecule has 10 nitrogen and oxygen atoms in total. The highest BCUT2D eigenvalue weighted by Gasteiger charge is 2.51. The molecule has 1 heterocycles. The van der Waals surface area contributed by atoms with Gasteiger partial charge in [0.15, 0.2) is 0 Å². The molecule has 0 bridgehead atoms. The molecule has 1 fully saturated rings. The molecule has 3 atom stereocenters. The van der Waals surface area contributed by atoms with Gasteiger partial charge in [-0.2, -0.15) is 0 Å². The summed E-state index contributed by atoms with van der Waals surface area (Å²) in [7, 11) is 3.01. The number of hydrogen-bond donors (Lipinski definition) is 3. The largest absolute Gasteiger partial charge is 0.497 e. The van der Waals surface area contributed by atoms with E-state index in [4.69, 9.17) is 26.1 Å². The number of methoxy groups -OCH3 is 2. The van der Waals surface area contributed by atoms with Gasteiger partial charge in [-0.25, -0.2) is 0 Å². The summed E-state index contributed by atoms with van der Waals surface area (Å²) in [6, 6.07) is 3.13. The molecule has 24 heavy (non-hydrogen) atoms. The Hall–Kier alpha value is -2.97. The number of carbonyl (C=O) groups is 1. The highest BCUT2D eigenvalue weighted by molar-refractivity contribution is 5.93. The SMILES string of the molecule is COc1ccc(CN2C(=O)C(N=[N+]=[N-])C2C(O)C(=N)N)c(OC)c1. The predicted octanol–water partition coefficient (Wildman–Crippen LogP) is 0.390. The summed E-state index contributed by atoms with van der Waals surface area (Å²) in [5.41, 5.74) is 14.6. The lowest BCUT2D eigenvalue weighted by molar-refractivity contribution is -0.154. The number of amides is 1. The van der Waals surface area contributed by atoms with Crippen LogP contribution in [0.4, 0.5) is 0 Å². The Kier molecular flexibility index (Phi) is 5.12. The number of likely N-dealkylation sites (tertiary alicyclic amines) is 1. The van der Waals surface area contributed by atoms with Crippen LogP contribution >= 0.6 is 0 Å². The normalized spacial score (nSPS) is 20.6. The molecule has 10 heteroatoms. The van der Waals surface area contributed by atoms with Crippen LogP contribution < -0.4 is 15.2 Å². The van der Waals surface area contributed by atoms with Gasteiger partial charge in [-0.1, -0.05) is 5.11 Å². The van der Waals surface area contributed by atoms with Gasteiger partial charge in [-0.05, 0) is 17.7 Å². The number of rotatable bonds is 7. The molecule has 4 N–H and O–H groups in total. The van der Waals surface area contributed by atoms with Gasteiger partial charge in [0.25, 0.3) is 0 Å². The third-order valence-electron chi connectivity index (χ3n) is 3.87. The van der Waals surface area contributed by atoms with Gasteiger partial charge in [0.2, 0.25) is 5.91 Å². The molecule has 2 rings (SSSR count). The van der Waals surface area contributed by atoms with Crippen LogP contribution in [0.3, 0.4) is 0 Å². The minimum atomic E-state index is -1.41. The van der Waals surface area contributed by atoms with E-state index in [9.17, 15) is 9.90 Å². The number of benzene rings is 1. The second-order valence-electron chi connectivity index (χ2n) is 5.18. The number of nitrogens with zero attached hydrogens (tertiary/aromatic N) is 4. The number of hydrogen-bond acceptors (Lipinski definition) is 6. The summed E-state index contributed by atoms with van der Waals surface area (Å²) in [6.45, 7) is 0.110. The van der Waals surface area contributed by atoms with E-state index in [0.717, 1.165) is 0 Å². The molecule has 128 valence electrons. The average Bonchev–Trinajstić information content (AvgIpc) is 2.59. The van der Waals surface area contributed by atoms with Crippen LogP contribution in [0.5, 0.6) is 11.5 Å². The number of azide groups is 1. The van der Waals surface area contributed by atoms with Crippen molar-refractivity contribution in [3.8, 4) is 11.5 Å². The van der Waals surface area contributed by atoms with Crippen LogP contribution in [0, 0.1) is 5.41 Å². The van der Waals surface area contributed by atoms with Gasteiger partial charge in [0, 0.05) is 23.1 Å². The van der Waals surface area contributed by atoms with Gasteiger partial charge in [0.05, 0.1) is 20.3 Å². The standard InChI is InChI=1S/C14H18N6O4/c1-23-8-4-3-7(9(5-8)24-2)6-20-11(12(21)13(15)16)10(14(20)22)18-19-17/h3-5,10-12,21H,6H2,1-2H3,(H3,15,16). The van der Waals surface area contributed by atoms with E-state index >= 15 is 0 Å². The molecular weight excluding hydrogens is 316 g/mol. The molecule has 0 aliphatic carbocycles. The lowest BCUT2D eigenvalue weighted by Gasteiger charge is -2.47. The van der Waals surface area contributed by atoms with Crippen molar-refractivity contribution in [2.45, 2.75) is 24.7 Å². The molecule has 1 aromatic rings. The summed E-state index contributed by atoms with van der Waals surface area (Å²) in [6.07, 6.45) is -1.41. The first-order chi connectivity index (χ1) is 11.4. The predicted molar refractivity (Wildman–Crippen MR) is 84.7 cm³/mol. The Morgan fingerprint density at radius 2 is 2.25 bits per heavy atom. The summed E-state index contributed by atoms with van der Waals surface area (Å²) >= 11 is 0. The van der Waals surface area contributed by atoms with Gasteiger partial charge in [-0.15, -0.1) is 0 Å². The second-order valence-corrected chi connectivity index (χ2v) is 5.18. The van der Waals surface area contributed by atoms with E-state index < -0.39 is 29.9 Å². The van der Waals surface area contributed by atoms with Gasteiger partial charge in [0.1, 0.15) is 29.5 Å². The molecule has 1 aliphatic rings. The number of β-lactam (4-membered cyclic amide) rings is 1. The van der Waals surface area contributed by atoms with Crippen molar-refractivity contribution in [1.29, 1.82) is 5.41 Å². The van der Waals surface area contributed by atoms with Crippen molar-refractivity contribution in [2.75, 3.05) is 14.2 Å². The van der Waals surface area contributed by atoms with E-state index in [1.165, 1.54) is 19.1 Å². The van der Waals surface area contributed by atoms with E-state index in [1.807, 2.05) is 0 Å². The third kappa shape index (κ3) is 3.05. The lowest BCUT2D eigenvalue weighted by atomic mass is 9.89. The zero-order chi connectivity index (χ0) is 17.9. The molecule has 1 aliphatic heterocycles. The zero-order valence-corrected chi connectivity index (χ0v) is 13.2. The Labute approximate surface area is 137 Å². The van der Waals surface area contributed by atoms with Crippen LogP contribution in [-0.2, 0) is 11.3 Å². The van der Waals surface area contributed by atoms with Crippen molar-refractivity contribution < 1.29 is 19.4 Å². The third-order valence-corrected chi connectivity index (χ3v) is 3.87. The van der Waals surface area contributed by atoms with Crippen molar-refractivity contribution in [1.82, 2.24) is 4.90 Å². The first-order valence-electron chi connectivity index (χ1n) is 7.02. The highest BCUT2D eigenvalue weighted by Crippen LogP contribution is 2.32. The maximum absolute atomic E-state index is 12.2. The van der Waals surface area contributed by atoms with Crippen LogP contribution in [0.25, 0.3) is 10.4 Å². The van der Waals surface area contributed by atoms with E-state index in [1.54, 1.807) is 18.2 Å². The molecule has 0 aromatic heterocycles. The number of nitrogens with one attached hydrogen (secondary N) is 1. The van der Waals surface area contributed by atoms with Crippen LogP contribution in [0.2, 0.25) is 0 Å².